The quantitative estimate of drug-likeness (QED) is 0.405. The molecule has 2 amide bonds. The average molecular weight is 504 g/mol. The van der Waals surface area contributed by atoms with Gasteiger partial charge in [0.1, 0.15) is 11.5 Å². The van der Waals surface area contributed by atoms with Crippen LogP contribution in [0.1, 0.15) is 71.1 Å². The van der Waals surface area contributed by atoms with E-state index in [-0.39, 0.29) is 16.3 Å². The molecule has 4 rings (SSSR count). The van der Waals surface area contributed by atoms with E-state index >= 15 is 0 Å². The van der Waals surface area contributed by atoms with Gasteiger partial charge in [-0.15, -0.1) is 0 Å². The monoisotopic (exact) mass is 503 g/mol. The van der Waals surface area contributed by atoms with E-state index < -0.39 is 40.8 Å². The molecule has 1 fully saturated rings. The molecule has 0 spiro atoms. The van der Waals surface area contributed by atoms with E-state index in [0.717, 1.165) is 0 Å². The molecular weight excluding hydrogens is 477 g/mol. The van der Waals surface area contributed by atoms with Crippen molar-refractivity contribution in [1.29, 1.82) is 0 Å². The number of fused-ring (bicyclic) bond motifs is 1. The van der Waals surface area contributed by atoms with Crippen LogP contribution in [-0.4, -0.2) is 38.8 Å². The van der Waals surface area contributed by atoms with Crippen LogP contribution < -0.4 is 10.6 Å². The van der Waals surface area contributed by atoms with E-state index in [4.69, 9.17) is 11.6 Å². The Balaban J connectivity index is 1.55. The topological polar surface area (TPSA) is 118 Å². The van der Waals surface area contributed by atoms with Gasteiger partial charge in [0.15, 0.2) is 0 Å². The molecule has 10 heteroatoms. The molecule has 2 aromatic rings. The second-order valence-corrected chi connectivity index (χ2v) is 9.99. The van der Waals surface area contributed by atoms with Crippen LogP contribution in [0.2, 0.25) is 5.02 Å². The number of carboxylic acids is 1. The summed E-state index contributed by atoms with van der Waals surface area (Å²) < 4.78 is 15.2. The van der Waals surface area contributed by atoms with Crippen LogP contribution in [0.5, 0.6) is 0 Å². The number of halogens is 2. The number of carboxylic acid groups (broad SMARTS) is 1. The second kappa shape index (κ2) is 9.45. The summed E-state index contributed by atoms with van der Waals surface area (Å²) in [4.78, 5) is 50.5. The summed E-state index contributed by atoms with van der Waals surface area (Å²) in [6, 6.07) is 4.18. The lowest BCUT2D eigenvalue weighted by atomic mass is 9.77. The molecule has 0 saturated heterocycles. The van der Waals surface area contributed by atoms with Crippen LogP contribution in [0.3, 0.4) is 0 Å². The van der Waals surface area contributed by atoms with Gasteiger partial charge in [0.05, 0.1) is 16.5 Å². The third-order valence-corrected chi connectivity index (χ3v) is 7.39. The number of carbonyl (C=O) groups is 4. The molecule has 0 unspecified atom stereocenters. The van der Waals surface area contributed by atoms with Crippen molar-refractivity contribution in [3.05, 3.63) is 51.6 Å². The molecule has 1 aromatic heterocycles. The second-order valence-electron chi connectivity index (χ2n) is 9.61. The summed E-state index contributed by atoms with van der Waals surface area (Å²) in [6.45, 7) is 3.83. The van der Waals surface area contributed by atoms with Crippen LogP contribution in [0, 0.1) is 18.7 Å². The predicted octanol–water partition coefficient (Wildman–Crippen LogP) is 4.12. The number of benzene rings is 1. The fourth-order valence-corrected chi connectivity index (χ4v) is 5.36. The summed E-state index contributed by atoms with van der Waals surface area (Å²) in [5.74, 6) is -3.91. The Labute approximate surface area is 206 Å². The van der Waals surface area contributed by atoms with Gasteiger partial charge in [0.2, 0.25) is 0 Å². The Bertz CT molecular complexity index is 1230. The molecule has 186 valence electrons. The molecule has 8 nitrogen and oxygen atoms in total. The Morgan fingerprint density at radius 2 is 1.89 bits per heavy atom. The van der Waals surface area contributed by atoms with Gasteiger partial charge in [-0.2, -0.15) is 0 Å². The Morgan fingerprint density at radius 3 is 2.51 bits per heavy atom. The van der Waals surface area contributed by atoms with Crippen LogP contribution in [-0.2, 0) is 22.6 Å². The van der Waals surface area contributed by atoms with Crippen molar-refractivity contribution in [1.82, 2.24) is 9.88 Å². The number of hydrogen-bond donors (Lipinski definition) is 3. The number of nitrogens with zero attached hydrogens (tertiary/aromatic N) is 1. The molecule has 3 N–H and O–H groups in total. The predicted molar refractivity (Wildman–Crippen MR) is 127 cm³/mol. The Hall–Kier alpha value is -3.20. The minimum Gasteiger partial charge on any atom is -0.481 e. The SMILES string of the molecule is Cc1cc(NC(=O)c2c(Cl)c(C(=O)C(=O)NC3(C)CCC(C(=O)O)CC3)n3c2CCC3)ccc1F. The third kappa shape index (κ3) is 4.82. The number of carbonyl (C=O) groups excluding carboxylic acids is 3. The number of aromatic nitrogens is 1. The smallest absolute Gasteiger partial charge is 0.306 e. The highest BCUT2D eigenvalue weighted by Gasteiger charge is 2.39. The number of Topliss-reactive ketones (excluding diaryl/α,β-unsaturated/α-hetero) is 1. The number of rotatable bonds is 6. The van der Waals surface area contributed by atoms with Gasteiger partial charge in [-0.3, -0.25) is 19.2 Å². The van der Waals surface area contributed by atoms with Gasteiger partial charge in [0.25, 0.3) is 17.6 Å². The lowest BCUT2D eigenvalue weighted by Crippen LogP contribution is -2.51. The van der Waals surface area contributed by atoms with Crippen LogP contribution in [0.4, 0.5) is 10.1 Å². The summed E-state index contributed by atoms with van der Waals surface area (Å²) in [5, 5.41) is 14.6. The number of ketones is 1. The normalized spacial score (nSPS) is 21.3. The molecule has 1 saturated carbocycles. The van der Waals surface area contributed by atoms with Crippen molar-refractivity contribution >= 4 is 40.9 Å². The molecule has 0 bridgehead atoms. The zero-order chi connectivity index (χ0) is 25.5. The number of hydrogen-bond acceptors (Lipinski definition) is 4. The first-order valence-electron chi connectivity index (χ1n) is 11.6. The summed E-state index contributed by atoms with van der Waals surface area (Å²) >= 11 is 6.53. The van der Waals surface area contributed by atoms with E-state index in [9.17, 15) is 28.7 Å². The first-order valence-corrected chi connectivity index (χ1v) is 12.0. The highest BCUT2D eigenvalue weighted by molar-refractivity contribution is 6.48. The molecule has 1 aliphatic carbocycles. The van der Waals surface area contributed by atoms with Gasteiger partial charge < -0.3 is 20.3 Å². The lowest BCUT2D eigenvalue weighted by Gasteiger charge is -2.36. The molecule has 1 aliphatic heterocycles. The molecule has 2 heterocycles. The van der Waals surface area contributed by atoms with Crippen molar-refractivity contribution in [2.45, 2.75) is 64.5 Å². The van der Waals surface area contributed by atoms with E-state index in [0.29, 0.717) is 62.0 Å². The standard InChI is InChI=1S/C25H27ClFN3O5/c1-13-12-15(5-6-16(13)27)28-22(32)18-17-4-3-11-30(17)20(19(18)26)21(31)23(33)29-25(2)9-7-14(8-10-25)24(34)35/h5-6,12,14H,3-4,7-11H2,1-2H3,(H,28,32)(H,29,33)(H,34,35). The summed E-state index contributed by atoms with van der Waals surface area (Å²) in [7, 11) is 0. The number of aliphatic carboxylic acids is 1. The summed E-state index contributed by atoms with van der Waals surface area (Å²) in [5.41, 5.74) is 0.741. The maximum absolute atomic E-state index is 13.6. The highest BCUT2D eigenvalue weighted by Crippen LogP contribution is 2.35. The van der Waals surface area contributed by atoms with E-state index in [1.807, 2.05) is 0 Å². The maximum atomic E-state index is 13.6. The zero-order valence-corrected chi connectivity index (χ0v) is 20.3. The molecular formula is C25H27ClFN3O5. The third-order valence-electron chi connectivity index (χ3n) is 7.02. The van der Waals surface area contributed by atoms with Gasteiger partial charge in [0, 0.05) is 23.5 Å². The van der Waals surface area contributed by atoms with Crippen molar-refractivity contribution in [2.75, 3.05) is 5.32 Å². The van der Waals surface area contributed by atoms with E-state index in [2.05, 4.69) is 10.6 Å². The molecule has 35 heavy (non-hydrogen) atoms. The fraction of sp³-hybridized carbons (Fsp3) is 0.440. The number of anilines is 1. The minimum absolute atomic E-state index is 0.0278. The fourth-order valence-electron chi connectivity index (χ4n) is 4.98. The maximum Gasteiger partial charge on any atom is 0.306 e. The first-order chi connectivity index (χ1) is 16.5. The van der Waals surface area contributed by atoms with E-state index in [1.165, 1.54) is 18.2 Å². The lowest BCUT2D eigenvalue weighted by molar-refractivity contribution is -0.143. The number of aryl methyl sites for hydroxylation is 1. The van der Waals surface area contributed by atoms with Crippen LogP contribution in [0.25, 0.3) is 0 Å². The largest absolute Gasteiger partial charge is 0.481 e. The van der Waals surface area contributed by atoms with Crippen molar-refractivity contribution in [2.24, 2.45) is 5.92 Å². The van der Waals surface area contributed by atoms with Gasteiger partial charge in [-0.1, -0.05) is 11.6 Å². The Kier molecular flexibility index (Phi) is 6.73. The van der Waals surface area contributed by atoms with E-state index in [1.54, 1.807) is 18.4 Å². The van der Waals surface area contributed by atoms with Gasteiger partial charge in [-0.25, -0.2) is 4.39 Å². The molecule has 1 aromatic carbocycles. The highest BCUT2D eigenvalue weighted by atomic mass is 35.5. The molecule has 0 radical (unpaired) electrons. The van der Waals surface area contributed by atoms with Crippen LogP contribution in [0.15, 0.2) is 18.2 Å². The molecule has 0 atom stereocenters. The van der Waals surface area contributed by atoms with Gasteiger partial charge >= 0.3 is 5.97 Å². The van der Waals surface area contributed by atoms with Crippen molar-refractivity contribution in [3.63, 3.8) is 0 Å². The van der Waals surface area contributed by atoms with Gasteiger partial charge in [-0.05, 0) is 76.1 Å². The molecule has 2 aliphatic rings. The zero-order valence-electron chi connectivity index (χ0n) is 19.5. The van der Waals surface area contributed by atoms with Crippen molar-refractivity contribution < 1.29 is 28.7 Å². The summed E-state index contributed by atoms with van der Waals surface area (Å²) in [6.07, 6.45) is 2.91. The number of nitrogens with one attached hydrogen (secondary N) is 2. The minimum atomic E-state index is -0.855. The van der Waals surface area contributed by atoms with Crippen LogP contribution >= 0.6 is 11.6 Å². The number of amides is 2. The Morgan fingerprint density at radius 1 is 1.20 bits per heavy atom. The van der Waals surface area contributed by atoms with Crippen molar-refractivity contribution in [3.8, 4) is 0 Å². The first kappa shape index (κ1) is 24.9. The average Bonchev–Trinajstić information content (AvgIpc) is 3.35.